The Kier molecular flexibility index (Phi) is 9.96. The van der Waals surface area contributed by atoms with Crippen molar-refractivity contribution < 1.29 is 9.90 Å². The summed E-state index contributed by atoms with van der Waals surface area (Å²) in [6.45, 7) is 6.77. The number of anilines is 1. The van der Waals surface area contributed by atoms with Crippen LogP contribution in [0.2, 0.25) is 0 Å². The summed E-state index contributed by atoms with van der Waals surface area (Å²) in [4.78, 5) is 36.1. The van der Waals surface area contributed by atoms with Gasteiger partial charge in [0.05, 0.1) is 5.69 Å². The summed E-state index contributed by atoms with van der Waals surface area (Å²) in [5, 5.41) is 11.4. The first-order chi connectivity index (χ1) is 17.3. The van der Waals surface area contributed by atoms with Gasteiger partial charge in [0.1, 0.15) is 4.75 Å². The molecule has 0 amide bonds. The predicted octanol–water partition coefficient (Wildman–Crippen LogP) is 5.58. The van der Waals surface area contributed by atoms with Gasteiger partial charge in [0.2, 0.25) is 5.95 Å². The molecule has 0 aliphatic carbocycles. The van der Waals surface area contributed by atoms with Crippen LogP contribution < -0.4 is 4.90 Å². The average molecular weight is 557 g/mol. The topological polar surface area (TPSA) is 105 Å². The van der Waals surface area contributed by atoms with E-state index in [0.29, 0.717) is 31.3 Å². The van der Waals surface area contributed by atoms with Gasteiger partial charge in [-0.25, -0.2) is 24.9 Å². The standard InChI is InChI=1S/C26H28N6O2S2.ClH/c1-4-18-14-29-24(30-15-18)32(13-10-21-17-35-25(31-21)36-26(2,3)23(33)34)16-19-6-8-20(9-7-19)22-27-11-5-12-28-22;/h5-9,11-12,14-15,17H,4,10,13,16H2,1-3H3,(H,33,34);1H. The molecule has 0 fully saturated rings. The molecule has 11 heteroatoms. The fraction of sp³-hybridized carbons (Fsp3) is 0.308. The van der Waals surface area contributed by atoms with Crippen LogP contribution in [-0.4, -0.2) is 47.3 Å². The smallest absolute Gasteiger partial charge is 0.319 e. The molecule has 3 aromatic heterocycles. The number of aliphatic carboxylic acids is 1. The van der Waals surface area contributed by atoms with Crippen LogP contribution in [0.25, 0.3) is 11.4 Å². The summed E-state index contributed by atoms with van der Waals surface area (Å²) in [5.74, 6) is 0.509. The first-order valence-corrected chi connectivity index (χ1v) is 13.3. The van der Waals surface area contributed by atoms with E-state index in [-0.39, 0.29) is 12.4 Å². The van der Waals surface area contributed by atoms with Crippen molar-refractivity contribution in [1.82, 2.24) is 24.9 Å². The Hall–Kier alpha value is -3.08. The number of rotatable bonds is 11. The number of thiazole rings is 1. The van der Waals surface area contributed by atoms with Crippen LogP contribution in [0.4, 0.5) is 5.95 Å². The number of hydrogen-bond acceptors (Lipinski definition) is 9. The van der Waals surface area contributed by atoms with Crippen molar-refractivity contribution in [3.63, 3.8) is 0 Å². The number of aromatic nitrogens is 5. The number of carboxylic acid groups (broad SMARTS) is 1. The Morgan fingerprint density at radius 3 is 2.35 bits per heavy atom. The predicted molar refractivity (Wildman–Crippen MR) is 151 cm³/mol. The van der Waals surface area contributed by atoms with Crippen molar-refractivity contribution >= 4 is 47.4 Å². The summed E-state index contributed by atoms with van der Waals surface area (Å²) in [5.41, 5.74) is 4.10. The Balaban J connectivity index is 0.00000380. The number of hydrogen-bond donors (Lipinski definition) is 1. The van der Waals surface area contributed by atoms with Gasteiger partial charge in [-0.1, -0.05) is 43.0 Å². The maximum absolute atomic E-state index is 11.5. The first kappa shape index (κ1) is 28.5. The number of carboxylic acids is 1. The van der Waals surface area contributed by atoms with Crippen LogP contribution in [0.3, 0.4) is 0 Å². The minimum atomic E-state index is -0.924. The third-order valence-corrected chi connectivity index (χ3v) is 7.73. The fourth-order valence-corrected chi connectivity index (χ4v) is 5.56. The van der Waals surface area contributed by atoms with Gasteiger partial charge in [-0.05, 0) is 37.5 Å². The van der Waals surface area contributed by atoms with E-state index in [1.165, 1.54) is 23.1 Å². The Morgan fingerprint density at radius 1 is 1.05 bits per heavy atom. The molecule has 3 heterocycles. The van der Waals surface area contributed by atoms with Gasteiger partial charge in [0.15, 0.2) is 10.2 Å². The van der Waals surface area contributed by atoms with Gasteiger partial charge in [0, 0.05) is 55.2 Å². The van der Waals surface area contributed by atoms with Crippen molar-refractivity contribution in [3.8, 4) is 11.4 Å². The molecule has 0 aliphatic rings. The molecule has 0 spiro atoms. The minimum absolute atomic E-state index is 0. The molecule has 0 bridgehead atoms. The second kappa shape index (κ2) is 12.9. The van der Waals surface area contributed by atoms with E-state index >= 15 is 0 Å². The first-order valence-electron chi connectivity index (χ1n) is 11.6. The molecule has 1 N–H and O–H groups in total. The normalized spacial score (nSPS) is 11.1. The van der Waals surface area contributed by atoms with Crippen LogP contribution >= 0.6 is 35.5 Å². The average Bonchev–Trinajstić information content (AvgIpc) is 3.34. The van der Waals surface area contributed by atoms with E-state index in [9.17, 15) is 9.90 Å². The number of halogens is 1. The Morgan fingerprint density at radius 2 is 1.73 bits per heavy atom. The fourth-order valence-electron chi connectivity index (χ4n) is 3.33. The van der Waals surface area contributed by atoms with Crippen LogP contribution in [0.1, 0.15) is 37.6 Å². The summed E-state index contributed by atoms with van der Waals surface area (Å²) in [7, 11) is 0. The van der Waals surface area contributed by atoms with Crippen LogP contribution in [-0.2, 0) is 24.2 Å². The molecule has 4 aromatic rings. The van der Waals surface area contributed by atoms with E-state index in [2.05, 4.69) is 48.9 Å². The minimum Gasteiger partial charge on any atom is -0.480 e. The highest BCUT2D eigenvalue weighted by molar-refractivity contribution is 8.03. The lowest BCUT2D eigenvalue weighted by molar-refractivity contribution is -0.138. The molecule has 194 valence electrons. The lowest BCUT2D eigenvalue weighted by Gasteiger charge is -2.22. The molecule has 0 unspecified atom stereocenters. The molecule has 0 saturated heterocycles. The van der Waals surface area contributed by atoms with Crippen LogP contribution in [0.15, 0.2) is 64.8 Å². The van der Waals surface area contributed by atoms with E-state index in [4.69, 9.17) is 0 Å². The van der Waals surface area contributed by atoms with Gasteiger partial charge in [-0.3, -0.25) is 4.79 Å². The zero-order valence-electron chi connectivity index (χ0n) is 20.9. The third kappa shape index (κ3) is 7.70. The number of benzene rings is 1. The molecular weight excluding hydrogens is 528 g/mol. The molecular formula is C26H29ClN6O2S2. The van der Waals surface area contributed by atoms with Gasteiger partial charge < -0.3 is 10.0 Å². The quantitative estimate of drug-likeness (QED) is 0.237. The van der Waals surface area contributed by atoms with Crippen molar-refractivity contribution in [2.45, 2.75) is 49.2 Å². The highest BCUT2D eigenvalue weighted by Crippen LogP contribution is 2.34. The number of carbonyl (C=O) groups is 1. The lowest BCUT2D eigenvalue weighted by atomic mass is 10.1. The summed E-state index contributed by atoms with van der Waals surface area (Å²) < 4.78 is -0.168. The van der Waals surface area contributed by atoms with Gasteiger partial charge in [-0.15, -0.1) is 23.7 Å². The van der Waals surface area contributed by atoms with Crippen LogP contribution in [0, 0.1) is 0 Å². The van der Waals surface area contributed by atoms with Crippen molar-refractivity contribution in [3.05, 3.63) is 77.3 Å². The molecule has 37 heavy (non-hydrogen) atoms. The largest absolute Gasteiger partial charge is 0.480 e. The van der Waals surface area contributed by atoms with Gasteiger partial charge in [-0.2, -0.15) is 0 Å². The summed E-state index contributed by atoms with van der Waals surface area (Å²) in [6, 6.07) is 10.0. The maximum atomic E-state index is 11.5. The molecule has 8 nitrogen and oxygen atoms in total. The number of aryl methyl sites for hydroxylation is 1. The SMILES string of the molecule is CCc1cnc(N(CCc2csc(SC(C)(C)C(=O)O)n2)Cc2ccc(-c3ncccn3)cc2)nc1.Cl. The molecule has 0 radical (unpaired) electrons. The Labute approximate surface area is 231 Å². The maximum Gasteiger partial charge on any atom is 0.319 e. The Bertz CT molecular complexity index is 1280. The number of nitrogens with zero attached hydrogens (tertiary/aromatic N) is 6. The van der Waals surface area contributed by atoms with E-state index < -0.39 is 10.7 Å². The van der Waals surface area contributed by atoms with E-state index in [0.717, 1.165) is 33.1 Å². The highest BCUT2D eigenvalue weighted by atomic mass is 35.5. The van der Waals surface area contributed by atoms with E-state index in [1.54, 1.807) is 32.3 Å². The van der Waals surface area contributed by atoms with Crippen LogP contribution in [0.5, 0.6) is 0 Å². The molecule has 0 saturated carbocycles. The molecule has 1 aromatic carbocycles. The second-order valence-corrected chi connectivity index (χ2v) is 11.4. The lowest BCUT2D eigenvalue weighted by Crippen LogP contribution is -2.27. The van der Waals surface area contributed by atoms with Crippen molar-refractivity contribution in [2.24, 2.45) is 0 Å². The molecule has 4 rings (SSSR count). The van der Waals surface area contributed by atoms with Gasteiger partial charge in [0.25, 0.3) is 0 Å². The molecule has 0 atom stereocenters. The van der Waals surface area contributed by atoms with Gasteiger partial charge >= 0.3 is 5.97 Å². The third-order valence-electron chi connectivity index (χ3n) is 5.56. The zero-order valence-corrected chi connectivity index (χ0v) is 23.3. The monoisotopic (exact) mass is 556 g/mol. The van der Waals surface area contributed by atoms with E-state index in [1.807, 2.05) is 29.9 Å². The van der Waals surface area contributed by atoms with Crippen molar-refractivity contribution in [1.29, 1.82) is 0 Å². The summed E-state index contributed by atoms with van der Waals surface area (Å²) in [6.07, 6.45) is 8.79. The molecule has 0 aliphatic heterocycles. The zero-order chi connectivity index (χ0) is 25.5. The number of thioether (sulfide) groups is 1. The second-order valence-electron chi connectivity index (χ2n) is 8.71. The van der Waals surface area contributed by atoms with Crippen molar-refractivity contribution in [2.75, 3.05) is 11.4 Å². The summed E-state index contributed by atoms with van der Waals surface area (Å²) >= 11 is 2.75. The highest BCUT2D eigenvalue weighted by Gasteiger charge is 2.29.